The third-order valence-electron chi connectivity index (χ3n) is 1.92. The van der Waals surface area contributed by atoms with Gasteiger partial charge in [-0.3, -0.25) is 0 Å². The van der Waals surface area contributed by atoms with Crippen molar-refractivity contribution >= 4 is 0 Å². The Morgan fingerprint density at radius 1 is 1.50 bits per heavy atom. The van der Waals surface area contributed by atoms with E-state index in [1.54, 1.807) is 0 Å². The van der Waals surface area contributed by atoms with Crippen LogP contribution in [0.5, 0.6) is 0 Å². The molecule has 14 heavy (non-hydrogen) atoms. The van der Waals surface area contributed by atoms with Crippen LogP contribution in [0, 0.1) is 0 Å². The van der Waals surface area contributed by atoms with E-state index in [4.69, 9.17) is 0 Å². The standard InChI is InChI=1S/C11H24N2O/c1-5-6-7-8-12-9-11(2,14)10-13(3)4/h5,12,14H,1,6-10H2,2-4H3. The number of aliphatic hydroxyl groups is 1. The van der Waals surface area contributed by atoms with Crippen LogP contribution in [0.4, 0.5) is 0 Å². The van der Waals surface area contributed by atoms with Crippen LogP contribution in [0.1, 0.15) is 19.8 Å². The molecule has 0 amide bonds. The fourth-order valence-electron chi connectivity index (χ4n) is 1.47. The molecule has 0 aromatic rings. The number of nitrogens with one attached hydrogen (secondary N) is 1. The number of likely N-dealkylation sites (N-methyl/N-ethyl adjacent to an activating group) is 1. The molecular formula is C11H24N2O. The monoisotopic (exact) mass is 200 g/mol. The minimum absolute atomic E-state index is 0.641. The Bertz CT molecular complexity index is 155. The molecule has 0 rings (SSSR count). The number of hydrogen-bond acceptors (Lipinski definition) is 3. The molecule has 84 valence electrons. The molecule has 0 fully saturated rings. The Kier molecular flexibility index (Phi) is 6.79. The molecule has 0 aromatic heterocycles. The van der Waals surface area contributed by atoms with Gasteiger partial charge in [-0.2, -0.15) is 0 Å². The van der Waals surface area contributed by atoms with E-state index in [-0.39, 0.29) is 0 Å². The van der Waals surface area contributed by atoms with Gasteiger partial charge in [0.05, 0.1) is 5.60 Å². The van der Waals surface area contributed by atoms with Crippen molar-refractivity contribution < 1.29 is 5.11 Å². The highest BCUT2D eigenvalue weighted by atomic mass is 16.3. The zero-order chi connectivity index (χ0) is 11.0. The quantitative estimate of drug-likeness (QED) is 0.450. The fraction of sp³-hybridized carbons (Fsp3) is 0.818. The molecule has 1 atom stereocenters. The first-order chi connectivity index (χ1) is 6.48. The molecule has 0 aromatic carbocycles. The van der Waals surface area contributed by atoms with Crippen molar-refractivity contribution in [3.8, 4) is 0 Å². The maximum absolute atomic E-state index is 9.92. The Morgan fingerprint density at radius 2 is 2.14 bits per heavy atom. The second-order valence-electron chi connectivity index (χ2n) is 4.34. The molecule has 0 heterocycles. The average Bonchev–Trinajstić information content (AvgIpc) is 2.01. The summed E-state index contributed by atoms with van der Waals surface area (Å²) in [5.41, 5.74) is -0.641. The summed E-state index contributed by atoms with van der Waals surface area (Å²) in [5.74, 6) is 0. The topological polar surface area (TPSA) is 35.5 Å². The molecule has 0 saturated carbocycles. The second kappa shape index (κ2) is 6.98. The van der Waals surface area contributed by atoms with E-state index < -0.39 is 5.60 Å². The van der Waals surface area contributed by atoms with Crippen molar-refractivity contribution in [3.05, 3.63) is 12.7 Å². The van der Waals surface area contributed by atoms with Crippen LogP contribution < -0.4 is 5.32 Å². The molecule has 0 aliphatic rings. The summed E-state index contributed by atoms with van der Waals surface area (Å²) in [6.07, 6.45) is 4.03. The first kappa shape index (κ1) is 13.6. The van der Waals surface area contributed by atoms with E-state index in [1.165, 1.54) is 0 Å². The summed E-state index contributed by atoms with van der Waals surface area (Å²) < 4.78 is 0. The van der Waals surface area contributed by atoms with Crippen molar-refractivity contribution in [1.29, 1.82) is 0 Å². The van der Waals surface area contributed by atoms with E-state index in [1.807, 2.05) is 32.0 Å². The van der Waals surface area contributed by atoms with Gasteiger partial charge in [0.1, 0.15) is 0 Å². The van der Waals surface area contributed by atoms with Gasteiger partial charge in [-0.05, 0) is 40.4 Å². The molecular weight excluding hydrogens is 176 g/mol. The smallest absolute Gasteiger partial charge is 0.0869 e. The van der Waals surface area contributed by atoms with Crippen LogP contribution in [0.2, 0.25) is 0 Å². The highest BCUT2D eigenvalue weighted by Crippen LogP contribution is 2.02. The molecule has 1 unspecified atom stereocenters. The highest BCUT2D eigenvalue weighted by molar-refractivity contribution is 4.78. The van der Waals surface area contributed by atoms with Gasteiger partial charge in [0.15, 0.2) is 0 Å². The lowest BCUT2D eigenvalue weighted by Gasteiger charge is -2.27. The van der Waals surface area contributed by atoms with Gasteiger partial charge < -0.3 is 15.3 Å². The Morgan fingerprint density at radius 3 is 2.64 bits per heavy atom. The first-order valence-electron chi connectivity index (χ1n) is 5.16. The van der Waals surface area contributed by atoms with Crippen LogP contribution in [0.25, 0.3) is 0 Å². The zero-order valence-corrected chi connectivity index (χ0v) is 9.71. The van der Waals surface area contributed by atoms with E-state index in [0.717, 1.165) is 19.4 Å². The molecule has 0 spiro atoms. The molecule has 3 nitrogen and oxygen atoms in total. The van der Waals surface area contributed by atoms with Crippen molar-refractivity contribution in [3.63, 3.8) is 0 Å². The minimum Gasteiger partial charge on any atom is -0.388 e. The number of hydrogen-bond donors (Lipinski definition) is 2. The lowest BCUT2D eigenvalue weighted by Crippen LogP contribution is -2.45. The summed E-state index contributed by atoms with van der Waals surface area (Å²) in [6.45, 7) is 7.78. The minimum atomic E-state index is -0.641. The molecule has 0 aliphatic carbocycles. The summed E-state index contributed by atoms with van der Waals surface area (Å²) >= 11 is 0. The van der Waals surface area contributed by atoms with Crippen molar-refractivity contribution in [2.75, 3.05) is 33.7 Å². The Balaban J connectivity index is 3.49. The highest BCUT2D eigenvalue weighted by Gasteiger charge is 2.20. The third-order valence-corrected chi connectivity index (χ3v) is 1.92. The Hall–Kier alpha value is -0.380. The van der Waals surface area contributed by atoms with Gasteiger partial charge in [0.2, 0.25) is 0 Å². The summed E-state index contributed by atoms with van der Waals surface area (Å²) in [7, 11) is 3.93. The summed E-state index contributed by atoms with van der Waals surface area (Å²) in [4.78, 5) is 1.99. The van der Waals surface area contributed by atoms with E-state index >= 15 is 0 Å². The van der Waals surface area contributed by atoms with Gasteiger partial charge in [0.25, 0.3) is 0 Å². The van der Waals surface area contributed by atoms with E-state index in [9.17, 15) is 5.11 Å². The van der Waals surface area contributed by atoms with E-state index in [2.05, 4.69) is 11.9 Å². The van der Waals surface area contributed by atoms with E-state index in [0.29, 0.717) is 13.1 Å². The molecule has 0 radical (unpaired) electrons. The van der Waals surface area contributed by atoms with Crippen LogP contribution in [-0.2, 0) is 0 Å². The fourth-order valence-corrected chi connectivity index (χ4v) is 1.47. The van der Waals surface area contributed by atoms with Crippen LogP contribution >= 0.6 is 0 Å². The summed E-state index contributed by atoms with van der Waals surface area (Å²) in [6, 6.07) is 0. The Labute approximate surface area is 87.8 Å². The number of nitrogens with zero attached hydrogens (tertiary/aromatic N) is 1. The number of unbranched alkanes of at least 4 members (excludes halogenated alkanes) is 1. The van der Waals surface area contributed by atoms with Gasteiger partial charge in [0, 0.05) is 13.1 Å². The molecule has 0 aliphatic heterocycles. The van der Waals surface area contributed by atoms with Crippen LogP contribution in [0.15, 0.2) is 12.7 Å². The average molecular weight is 200 g/mol. The molecule has 0 bridgehead atoms. The number of rotatable bonds is 8. The predicted molar refractivity (Wildman–Crippen MR) is 61.5 cm³/mol. The largest absolute Gasteiger partial charge is 0.388 e. The van der Waals surface area contributed by atoms with Gasteiger partial charge in [-0.15, -0.1) is 6.58 Å². The first-order valence-corrected chi connectivity index (χ1v) is 5.16. The van der Waals surface area contributed by atoms with Gasteiger partial charge in [-0.1, -0.05) is 6.08 Å². The lowest BCUT2D eigenvalue weighted by molar-refractivity contribution is 0.0340. The van der Waals surface area contributed by atoms with Crippen molar-refractivity contribution in [2.45, 2.75) is 25.4 Å². The van der Waals surface area contributed by atoms with Crippen LogP contribution in [0.3, 0.4) is 0 Å². The predicted octanol–water partition coefficient (Wildman–Crippen LogP) is 0.855. The normalized spacial score (nSPS) is 15.5. The van der Waals surface area contributed by atoms with Crippen molar-refractivity contribution in [1.82, 2.24) is 10.2 Å². The van der Waals surface area contributed by atoms with Crippen molar-refractivity contribution in [2.24, 2.45) is 0 Å². The maximum atomic E-state index is 9.92. The molecule has 3 heteroatoms. The maximum Gasteiger partial charge on any atom is 0.0869 e. The SMILES string of the molecule is C=CCCCNCC(C)(O)CN(C)C. The third kappa shape index (κ3) is 8.23. The second-order valence-corrected chi connectivity index (χ2v) is 4.34. The summed E-state index contributed by atoms with van der Waals surface area (Å²) in [5, 5.41) is 13.2. The number of allylic oxidation sites excluding steroid dienone is 1. The van der Waals surface area contributed by atoms with Gasteiger partial charge in [-0.25, -0.2) is 0 Å². The molecule has 0 saturated heterocycles. The van der Waals surface area contributed by atoms with Crippen LogP contribution in [-0.4, -0.2) is 49.3 Å². The lowest BCUT2D eigenvalue weighted by atomic mass is 10.1. The van der Waals surface area contributed by atoms with Gasteiger partial charge >= 0.3 is 0 Å². The molecule has 2 N–H and O–H groups in total. The zero-order valence-electron chi connectivity index (χ0n) is 9.71.